The van der Waals surface area contributed by atoms with Gasteiger partial charge in [0.1, 0.15) is 0 Å². The Balaban J connectivity index is 1.25. The van der Waals surface area contributed by atoms with E-state index in [9.17, 15) is 0 Å². The van der Waals surface area contributed by atoms with Crippen molar-refractivity contribution in [3.63, 3.8) is 0 Å². The summed E-state index contributed by atoms with van der Waals surface area (Å²) in [6.07, 6.45) is 0. The van der Waals surface area contributed by atoms with E-state index in [0.29, 0.717) is 0 Å². The minimum absolute atomic E-state index is 1.13. The van der Waals surface area contributed by atoms with Gasteiger partial charge in [-0.25, -0.2) is 0 Å². The molecule has 0 radical (unpaired) electrons. The van der Waals surface area contributed by atoms with E-state index in [-0.39, 0.29) is 0 Å². The Kier molecular flexibility index (Phi) is 5.27. The molecule has 1 heteroatoms. The molecule has 6 bridgehead atoms. The number of para-hydroxylation sites is 2. The number of hydrogen-bond donors (Lipinski definition) is 0. The van der Waals surface area contributed by atoms with E-state index in [2.05, 4.69) is 169 Å². The number of rotatable bonds is 4. The summed E-state index contributed by atoms with van der Waals surface area (Å²) in [4.78, 5) is 2.33. The Morgan fingerprint density at radius 3 is 1.35 bits per heavy atom. The molecule has 0 fully saturated rings. The maximum Gasteiger partial charge on any atom is 0.0467 e. The Labute approximate surface area is 252 Å². The van der Waals surface area contributed by atoms with Crippen LogP contribution in [-0.4, -0.2) is 0 Å². The first-order valence-electron chi connectivity index (χ1n) is 14.9. The third-order valence-electron chi connectivity index (χ3n) is 8.95. The van der Waals surface area contributed by atoms with Gasteiger partial charge in [-0.05, 0) is 109 Å². The normalized spacial score (nSPS) is 11.7. The highest BCUT2D eigenvalue weighted by Gasteiger charge is 2.30. The van der Waals surface area contributed by atoms with Gasteiger partial charge < -0.3 is 4.90 Å². The molecular weight excluding hydrogens is 518 g/mol. The third-order valence-corrected chi connectivity index (χ3v) is 8.95. The van der Waals surface area contributed by atoms with Gasteiger partial charge in [-0.3, -0.25) is 0 Å². The largest absolute Gasteiger partial charge is 0.310 e. The summed E-state index contributed by atoms with van der Waals surface area (Å²) in [5.74, 6) is 0. The predicted octanol–water partition coefficient (Wildman–Crippen LogP) is 11.8. The van der Waals surface area contributed by atoms with Crippen molar-refractivity contribution in [2.24, 2.45) is 0 Å². The lowest BCUT2D eigenvalue weighted by atomic mass is 9.82. The van der Waals surface area contributed by atoms with E-state index in [1.807, 2.05) is 0 Å². The van der Waals surface area contributed by atoms with Gasteiger partial charge in [-0.2, -0.15) is 0 Å². The SMILES string of the molecule is c1ccc(N(c2ccccc2)c2cccc(-c3ccc4c(c3)-c3c5cccc3-c3cccc-4c3-c3ccccc3-5)c2)cc1. The molecule has 2 aliphatic rings. The maximum absolute atomic E-state index is 2.42. The summed E-state index contributed by atoms with van der Waals surface area (Å²) in [7, 11) is 0. The molecule has 0 atom stereocenters. The van der Waals surface area contributed by atoms with Gasteiger partial charge in [-0.15, -0.1) is 0 Å². The first-order chi connectivity index (χ1) is 21.3. The van der Waals surface area contributed by atoms with Crippen LogP contribution in [0.25, 0.3) is 66.8 Å². The Bertz CT molecular complexity index is 2110. The van der Waals surface area contributed by atoms with Crippen LogP contribution in [0.5, 0.6) is 0 Å². The topological polar surface area (TPSA) is 3.24 Å². The van der Waals surface area contributed by atoms with Crippen molar-refractivity contribution in [1.29, 1.82) is 0 Å². The lowest BCUT2D eigenvalue weighted by Crippen LogP contribution is -2.09. The van der Waals surface area contributed by atoms with Crippen LogP contribution in [0.1, 0.15) is 0 Å². The summed E-state index contributed by atoms with van der Waals surface area (Å²) in [5, 5.41) is 0. The zero-order chi connectivity index (χ0) is 28.3. The summed E-state index contributed by atoms with van der Waals surface area (Å²) in [6.45, 7) is 0. The molecule has 0 heterocycles. The van der Waals surface area contributed by atoms with Crippen LogP contribution in [-0.2, 0) is 0 Å². The van der Waals surface area contributed by atoms with Gasteiger partial charge in [0.15, 0.2) is 0 Å². The van der Waals surface area contributed by atoms with Crippen molar-refractivity contribution in [2.45, 2.75) is 0 Å². The average molecular weight is 546 g/mol. The van der Waals surface area contributed by atoms with Crippen molar-refractivity contribution < 1.29 is 0 Å². The zero-order valence-electron chi connectivity index (χ0n) is 23.5. The number of anilines is 3. The molecule has 43 heavy (non-hydrogen) atoms. The van der Waals surface area contributed by atoms with E-state index >= 15 is 0 Å². The van der Waals surface area contributed by atoms with E-state index in [4.69, 9.17) is 0 Å². The number of fused-ring (bicyclic) bond motifs is 4. The van der Waals surface area contributed by atoms with Crippen molar-refractivity contribution in [2.75, 3.05) is 4.90 Å². The molecule has 0 saturated carbocycles. The van der Waals surface area contributed by atoms with Gasteiger partial charge in [0.05, 0.1) is 0 Å². The lowest BCUT2D eigenvalue weighted by molar-refractivity contribution is 1.28. The van der Waals surface area contributed by atoms with Crippen molar-refractivity contribution in [3.05, 3.63) is 164 Å². The highest BCUT2D eigenvalue weighted by atomic mass is 15.1. The molecule has 7 aromatic carbocycles. The average Bonchev–Trinajstić information content (AvgIpc) is 3.18. The number of hydrogen-bond acceptors (Lipinski definition) is 1. The Morgan fingerprint density at radius 2 is 0.698 bits per heavy atom. The first kappa shape index (κ1) is 24.0. The van der Waals surface area contributed by atoms with Crippen LogP contribution >= 0.6 is 0 Å². The molecule has 2 aliphatic carbocycles. The Hall–Kier alpha value is -5.66. The monoisotopic (exact) mass is 545 g/mol. The van der Waals surface area contributed by atoms with Gasteiger partial charge in [0.25, 0.3) is 0 Å². The lowest BCUT2D eigenvalue weighted by Gasteiger charge is -2.26. The summed E-state index contributed by atoms with van der Waals surface area (Å²) in [6, 6.07) is 59.7. The van der Waals surface area contributed by atoms with Gasteiger partial charge in [0.2, 0.25) is 0 Å². The molecule has 0 spiro atoms. The highest BCUT2D eigenvalue weighted by molar-refractivity contribution is 6.15. The fraction of sp³-hybridized carbons (Fsp3) is 0. The van der Waals surface area contributed by atoms with Gasteiger partial charge in [-0.1, -0.05) is 121 Å². The van der Waals surface area contributed by atoms with E-state index in [0.717, 1.165) is 17.1 Å². The first-order valence-corrected chi connectivity index (χ1v) is 14.9. The number of nitrogens with zero attached hydrogens (tertiary/aromatic N) is 1. The standard InChI is InChI=1S/C42H27N/c1-3-13-30(14-4-1)43(31-15-5-2-6-16-31)32-17-9-12-28(26-32)29-24-25-34-37-21-11-22-38-39-23-10-20-36(42(39)40(34)27-29)33-18-7-8-19-35(33)41(37)38/h1-27H. The fourth-order valence-corrected chi connectivity index (χ4v) is 7.11. The summed E-state index contributed by atoms with van der Waals surface area (Å²) < 4.78 is 0. The van der Waals surface area contributed by atoms with Gasteiger partial charge in [0, 0.05) is 17.1 Å². The third kappa shape index (κ3) is 3.65. The Morgan fingerprint density at radius 1 is 0.256 bits per heavy atom. The summed E-state index contributed by atoms with van der Waals surface area (Å²) >= 11 is 0. The second-order valence-electron chi connectivity index (χ2n) is 11.3. The minimum Gasteiger partial charge on any atom is -0.310 e. The molecule has 1 nitrogen and oxygen atoms in total. The number of benzene rings is 7. The van der Waals surface area contributed by atoms with Crippen LogP contribution in [0, 0.1) is 0 Å². The molecule has 0 saturated heterocycles. The highest BCUT2D eigenvalue weighted by Crippen LogP contribution is 2.57. The molecule has 200 valence electrons. The molecular formula is C42H27N. The van der Waals surface area contributed by atoms with Crippen LogP contribution in [0.3, 0.4) is 0 Å². The van der Waals surface area contributed by atoms with E-state index in [1.54, 1.807) is 0 Å². The molecule has 0 amide bonds. The second kappa shape index (κ2) is 9.44. The molecule has 7 aromatic rings. The maximum atomic E-state index is 2.42. The van der Waals surface area contributed by atoms with Gasteiger partial charge >= 0.3 is 0 Å². The molecule has 0 N–H and O–H groups in total. The van der Waals surface area contributed by atoms with Crippen LogP contribution in [0.15, 0.2) is 164 Å². The van der Waals surface area contributed by atoms with Crippen molar-refractivity contribution in [3.8, 4) is 66.8 Å². The van der Waals surface area contributed by atoms with Crippen LogP contribution in [0.2, 0.25) is 0 Å². The quantitative estimate of drug-likeness (QED) is 0.213. The minimum atomic E-state index is 1.13. The van der Waals surface area contributed by atoms with E-state index in [1.165, 1.54) is 66.8 Å². The molecule has 0 aromatic heterocycles. The summed E-state index contributed by atoms with van der Waals surface area (Å²) in [5.41, 5.74) is 19.0. The van der Waals surface area contributed by atoms with Crippen molar-refractivity contribution in [1.82, 2.24) is 0 Å². The molecule has 0 aliphatic heterocycles. The van der Waals surface area contributed by atoms with Crippen LogP contribution in [0.4, 0.5) is 17.1 Å². The zero-order valence-corrected chi connectivity index (χ0v) is 23.5. The van der Waals surface area contributed by atoms with Crippen LogP contribution < -0.4 is 4.90 Å². The second-order valence-corrected chi connectivity index (χ2v) is 11.3. The van der Waals surface area contributed by atoms with Crippen molar-refractivity contribution >= 4 is 17.1 Å². The van der Waals surface area contributed by atoms with E-state index < -0.39 is 0 Å². The molecule has 0 unspecified atom stereocenters. The predicted molar refractivity (Wildman–Crippen MR) is 181 cm³/mol. The fourth-order valence-electron chi connectivity index (χ4n) is 7.11. The molecule has 9 rings (SSSR count). The smallest absolute Gasteiger partial charge is 0.0467 e.